The standard InChI is InChI=1S/C11H21N/c1-9-7-12(8-9)11-6-4-3-5-10(11)2/h9-11H,3-8H2,1-2H3/t10-,11+/m1/s1. The van der Waals surface area contributed by atoms with Crippen LogP contribution < -0.4 is 0 Å². The molecule has 2 rings (SSSR count). The summed E-state index contributed by atoms with van der Waals surface area (Å²) in [6.07, 6.45) is 5.88. The molecule has 2 aliphatic rings. The summed E-state index contributed by atoms with van der Waals surface area (Å²) in [4.78, 5) is 2.70. The molecule has 0 spiro atoms. The Hall–Kier alpha value is -0.0400. The first kappa shape index (κ1) is 8.55. The summed E-state index contributed by atoms with van der Waals surface area (Å²) in [5.74, 6) is 1.94. The molecule has 1 saturated carbocycles. The molecule has 1 nitrogen and oxygen atoms in total. The van der Waals surface area contributed by atoms with E-state index in [1.54, 1.807) is 0 Å². The maximum atomic E-state index is 2.70. The molecule has 0 N–H and O–H groups in total. The van der Waals surface area contributed by atoms with Gasteiger partial charge < -0.3 is 0 Å². The maximum Gasteiger partial charge on any atom is 0.0121 e. The van der Waals surface area contributed by atoms with Crippen LogP contribution in [0.4, 0.5) is 0 Å². The van der Waals surface area contributed by atoms with Crippen molar-refractivity contribution in [1.82, 2.24) is 4.90 Å². The average molecular weight is 167 g/mol. The van der Waals surface area contributed by atoms with Gasteiger partial charge in [0.2, 0.25) is 0 Å². The Morgan fingerprint density at radius 2 is 1.67 bits per heavy atom. The minimum Gasteiger partial charge on any atom is -0.299 e. The van der Waals surface area contributed by atoms with Crippen LogP contribution in [0.15, 0.2) is 0 Å². The highest BCUT2D eigenvalue weighted by atomic mass is 15.2. The summed E-state index contributed by atoms with van der Waals surface area (Å²) in [6, 6.07) is 0.940. The zero-order valence-electron chi connectivity index (χ0n) is 8.42. The molecule has 1 saturated heterocycles. The van der Waals surface area contributed by atoms with Gasteiger partial charge in [-0.3, -0.25) is 4.90 Å². The van der Waals surface area contributed by atoms with Crippen LogP contribution in [-0.2, 0) is 0 Å². The van der Waals surface area contributed by atoms with Crippen molar-refractivity contribution in [3.63, 3.8) is 0 Å². The minimum atomic E-state index is 0.940. The molecule has 0 amide bonds. The highest BCUT2D eigenvalue weighted by Gasteiger charge is 2.33. The number of hydrogen-bond acceptors (Lipinski definition) is 1. The Kier molecular flexibility index (Phi) is 2.40. The lowest BCUT2D eigenvalue weighted by Crippen LogP contribution is -2.53. The van der Waals surface area contributed by atoms with Gasteiger partial charge in [-0.1, -0.05) is 26.7 Å². The molecule has 0 radical (unpaired) electrons. The van der Waals surface area contributed by atoms with Crippen molar-refractivity contribution < 1.29 is 0 Å². The molecule has 1 heteroatoms. The lowest BCUT2D eigenvalue weighted by molar-refractivity contribution is 0.0184. The molecular formula is C11H21N. The summed E-state index contributed by atoms with van der Waals surface area (Å²) in [6.45, 7) is 7.54. The van der Waals surface area contributed by atoms with Crippen molar-refractivity contribution in [2.75, 3.05) is 13.1 Å². The number of hydrogen-bond donors (Lipinski definition) is 0. The first-order valence-corrected chi connectivity index (χ1v) is 5.51. The molecule has 0 aromatic carbocycles. The van der Waals surface area contributed by atoms with Crippen LogP contribution >= 0.6 is 0 Å². The first-order chi connectivity index (χ1) is 5.77. The van der Waals surface area contributed by atoms with Crippen molar-refractivity contribution >= 4 is 0 Å². The normalized spacial score (nSPS) is 39.5. The predicted octanol–water partition coefficient (Wildman–Crippen LogP) is 2.52. The Balaban J connectivity index is 1.85. The van der Waals surface area contributed by atoms with Gasteiger partial charge in [-0.25, -0.2) is 0 Å². The number of nitrogens with zero attached hydrogens (tertiary/aromatic N) is 1. The molecule has 12 heavy (non-hydrogen) atoms. The van der Waals surface area contributed by atoms with Crippen LogP contribution in [0.1, 0.15) is 39.5 Å². The fourth-order valence-electron chi connectivity index (χ4n) is 2.86. The largest absolute Gasteiger partial charge is 0.299 e. The van der Waals surface area contributed by atoms with Crippen LogP contribution in [0, 0.1) is 11.8 Å². The van der Waals surface area contributed by atoms with E-state index in [1.807, 2.05) is 0 Å². The number of likely N-dealkylation sites (tertiary alicyclic amines) is 1. The van der Waals surface area contributed by atoms with E-state index in [0.717, 1.165) is 17.9 Å². The van der Waals surface area contributed by atoms with Gasteiger partial charge in [0.05, 0.1) is 0 Å². The fourth-order valence-corrected chi connectivity index (χ4v) is 2.86. The predicted molar refractivity (Wildman–Crippen MR) is 52.2 cm³/mol. The smallest absolute Gasteiger partial charge is 0.0121 e. The van der Waals surface area contributed by atoms with E-state index < -0.39 is 0 Å². The molecule has 0 unspecified atom stereocenters. The molecule has 2 atom stereocenters. The third kappa shape index (κ3) is 1.52. The Morgan fingerprint density at radius 1 is 1.00 bits per heavy atom. The monoisotopic (exact) mass is 167 g/mol. The van der Waals surface area contributed by atoms with E-state index in [4.69, 9.17) is 0 Å². The second-order valence-corrected chi connectivity index (χ2v) is 4.89. The molecular weight excluding hydrogens is 146 g/mol. The van der Waals surface area contributed by atoms with Crippen LogP contribution in [0.25, 0.3) is 0 Å². The van der Waals surface area contributed by atoms with Crippen LogP contribution in [-0.4, -0.2) is 24.0 Å². The van der Waals surface area contributed by atoms with Crippen LogP contribution in [0.3, 0.4) is 0 Å². The van der Waals surface area contributed by atoms with E-state index in [9.17, 15) is 0 Å². The summed E-state index contributed by atoms with van der Waals surface area (Å²) in [5.41, 5.74) is 0. The zero-order chi connectivity index (χ0) is 8.55. The molecule has 0 bridgehead atoms. The van der Waals surface area contributed by atoms with Gasteiger partial charge in [-0.15, -0.1) is 0 Å². The summed E-state index contributed by atoms with van der Waals surface area (Å²) in [7, 11) is 0. The summed E-state index contributed by atoms with van der Waals surface area (Å²) < 4.78 is 0. The van der Waals surface area contributed by atoms with E-state index in [2.05, 4.69) is 18.7 Å². The van der Waals surface area contributed by atoms with Gasteiger partial charge >= 0.3 is 0 Å². The molecule has 0 aromatic heterocycles. The highest BCUT2D eigenvalue weighted by Crippen LogP contribution is 2.31. The molecule has 2 fully saturated rings. The van der Waals surface area contributed by atoms with Gasteiger partial charge in [-0.2, -0.15) is 0 Å². The topological polar surface area (TPSA) is 3.24 Å². The van der Waals surface area contributed by atoms with Gasteiger partial charge in [0.1, 0.15) is 0 Å². The minimum absolute atomic E-state index is 0.940. The lowest BCUT2D eigenvalue weighted by Gasteiger charge is -2.47. The quantitative estimate of drug-likeness (QED) is 0.580. The zero-order valence-corrected chi connectivity index (χ0v) is 8.42. The fraction of sp³-hybridized carbons (Fsp3) is 1.00. The van der Waals surface area contributed by atoms with Crippen LogP contribution in [0.2, 0.25) is 0 Å². The third-order valence-corrected chi connectivity index (χ3v) is 3.63. The van der Waals surface area contributed by atoms with Gasteiger partial charge in [-0.05, 0) is 24.7 Å². The maximum absolute atomic E-state index is 2.70. The molecule has 1 aliphatic heterocycles. The molecule has 1 heterocycles. The van der Waals surface area contributed by atoms with E-state index in [1.165, 1.54) is 38.8 Å². The first-order valence-electron chi connectivity index (χ1n) is 5.51. The van der Waals surface area contributed by atoms with E-state index in [0.29, 0.717) is 0 Å². The number of rotatable bonds is 1. The van der Waals surface area contributed by atoms with Crippen molar-refractivity contribution in [2.24, 2.45) is 11.8 Å². The second-order valence-electron chi connectivity index (χ2n) is 4.89. The lowest BCUT2D eigenvalue weighted by atomic mass is 9.82. The van der Waals surface area contributed by atoms with Crippen molar-refractivity contribution in [2.45, 2.75) is 45.6 Å². The molecule has 1 aliphatic carbocycles. The van der Waals surface area contributed by atoms with Gasteiger partial charge in [0.25, 0.3) is 0 Å². The third-order valence-electron chi connectivity index (χ3n) is 3.63. The van der Waals surface area contributed by atoms with Gasteiger partial charge in [0, 0.05) is 19.1 Å². The van der Waals surface area contributed by atoms with E-state index >= 15 is 0 Å². The Bertz CT molecular complexity index is 149. The van der Waals surface area contributed by atoms with Crippen LogP contribution in [0.5, 0.6) is 0 Å². The Labute approximate surface area is 76.1 Å². The highest BCUT2D eigenvalue weighted by molar-refractivity contribution is 4.87. The Morgan fingerprint density at radius 3 is 2.25 bits per heavy atom. The molecule has 70 valence electrons. The summed E-state index contributed by atoms with van der Waals surface area (Å²) >= 11 is 0. The van der Waals surface area contributed by atoms with Crippen molar-refractivity contribution in [3.05, 3.63) is 0 Å². The second kappa shape index (κ2) is 3.37. The summed E-state index contributed by atoms with van der Waals surface area (Å²) in [5, 5.41) is 0. The van der Waals surface area contributed by atoms with E-state index in [-0.39, 0.29) is 0 Å². The molecule has 0 aromatic rings. The van der Waals surface area contributed by atoms with Crippen molar-refractivity contribution in [1.29, 1.82) is 0 Å². The SMILES string of the molecule is CC1CN([C@H]2CCCC[C@H]2C)C1. The average Bonchev–Trinajstić information content (AvgIpc) is 2.01. The van der Waals surface area contributed by atoms with Gasteiger partial charge in [0.15, 0.2) is 0 Å². The van der Waals surface area contributed by atoms with Crippen molar-refractivity contribution in [3.8, 4) is 0 Å².